The first-order valence-corrected chi connectivity index (χ1v) is 8.39. The molecule has 2 aromatic rings. The monoisotopic (exact) mass is 345 g/mol. The normalized spacial score (nSPS) is 14.4. The summed E-state index contributed by atoms with van der Waals surface area (Å²) in [5, 5.41) is 25.2. The van der Waals surface area contributed by atoms with E-state index in [1.54, 1.807) is 27.7 Å². The van der Waals surface area contributed by atoms with Gasteiger partial charge in [-0.25, -0.2) is 4.98 Å². The Balaban J connectivity index is 2.56. The molecule has 0 amide bonds. The molecule has 136 valence electrons. The summed E-state index contributed by atoms with van der Waals surface area (Å²) in [5.41, 5.74) is -1.24. The summed E-state index contributed by atoms with van der Waals surface area (Å²) in [6, 6.07) is 9.71. The Labute approximate surface area is 148 Å². The van der Waals surface area contributed by atoms with E-state index in [1.807, 2.05) is 43.3 Å². The average molecular weight is 345 g/mol. The van der Waals surface area contributed by atoms with Crippen LogP contribution in [0.3, 0.4) is 0 Å². The second kappa shape index (κ2) is 7.37. The van der Waals surface area contributed by atoms with Gasteiger partial charge in [-0.05, 0) is 46.3 Å². The molecule has 2 rings (SSSR count). The van der Waals surface area contributed by atoms with Crippen LogP contribution in [-0.4, -0.2) is 37.2 Å². The molecular formula is C19H27N3O3. The van der Waals surface area contributed by atoms with Gasteiger partial charge in [0.05, 0.1) is 12.2 Å². The van der Waals surface area contributed by atoms with E-state index in [0.717, 1.165) is 5.56 Å². The van der Waals surface area contributed by atoms with Crippen LogP contribution < -0.4 is 0 Å². The number of ether oxygens (including phenoxy) is 1. The number of hydrogen-bond donors (Lipinski definition) is 2. The van der Waals surface area contributed by atoms with Gasteiger partial charge in [0.1, 0.15) is 11.9 Å². The lowest BCUT2D eigenvalue weighted by atomic mass is 9.84. The molecule has 0 aliphatic rings. The molecule has 6 nitrogen and oxygen atoms in total. The standard InChI is InChI=1S/C19H27N3O3/c1-6-25-16(22-17(19(4,5)24)20-13-21-22)12-15(18(2,3)23)14-10-8-7-9-11-14/h7-13,15,23-24H,6H2,1-5H3/b16-12-. The zero-order valence-electron chi connectivity index (χ0n) is 15.5. The zero-order chi connectivity index (χ0) is 18.7. The van der Waals surface area contributed by atoms with Gasteiger partial charge < -0.3 is 14.9 Å². The second-order valence-corrected chi connectivity index (χ2v) is 7.03. The first-order chi connectivity index (χ1) is 11.6. The molecule has 1 heterocycles. The van der Waals surface area contributed by atoms with Crippen molar-refractivity contribution in [2.75, 3.05) is 6.61 Å². The number of rotatable bonds is 7. The molecular weight excluding hydrogens is 318 g/mol. The van der Waals surface area contributed by atoms with Gasteiger partial charge in [0, 0.05) is 5.92 Å². The molecule has 0 saturated heterocycles. The molecule has 1 aromatic carbocycles. The maximum absolute atomic E-state index is 10.7. The summed E-state index contributed by atoms with van der Waals surface area (Å²) in [7, 11) is 0. The van der Waals surface area contributed by atoms with Crippen molar-refractivity contribution in [2.45, 2.75) is 51.7 Å². The van der Waals surface area contributed by atoms with Crippen LogP contribution in [0.5, 0.6) is 0 Å². The Hall–Kier alpha value is -2.18. The minimum atomic E-state index is -1.18. The molecule has 0 spiro atoms. The third-order valence-corrected chi connectivity index (χ3v) is 3.82. The van der Waals surface area contributed by atoms with Gasteiger partial charge in [-0.2, -0.15) is 9.78 Å². The molecule has 1 atom stereocenters. The lowest BCUT2D eigenvalue weighted by Crippen LogP contribution is -2.29. The van der Waals surface area contributed by atoms with Crippen LogP contribution in [0, 0.1) is 0 Å². The lowest BCUT2D eigenvalue weighted by molar-refractivity contribution is 0.0620. The van der Waals surface area contributed by atoms with Crippen molar-refractivity contribution in [3.8, 4) is 0 Å². The van der Waals surface area contributed by atoms with Crippen LogP contribution in [0.2, 0.25) is 0 Å². The highest BCUT2D eigenvalue weighted by atomic mass is 16.5. The Morgan fingerprint density at radius 3 is 2.36 bits per heavy atom. The molecule has 0 bridgehead atoms. The third-order valence-electron chi connectivity index (χ3n) is 3.82. The van der Waals surface area contributed by atoms with E-state index in [1.165, 1.54) is 11.0 Å². The van der Waals surface area contributed by atoms with E-state index in [4.69, 9.17) is 4.74 Å². The summed E-state index contributed by atoms with van der Waals surface area (Å²) in [6.45, 7) is 9.08. The number of benzene rings is 1. The van der Waals surface area contributed by atoms with Crippen molar-refractivity contribution >= 4 is 5.88 Å². The van der Waals surface area contributed by atoms with E-state index in [0.29, 0.717) is 18.3 Å². The van der Waals surface area contributed by atoms with Crippen molar-refractivity contribution in [1.82, 2.24) is 14.8 Å². The highest BCUT2D eigenvalue weighted by Gasteiger charge is 2.30. The van der Waals surface area contributed by atoms with Crippen LogP contribution >= 0.6 is 0 Å². The molecule has 6 heteroatoms. The van der Waals surface area contributed by atoms with Crippen molar-refractivity contribution in [2.24, 2.45) is 0 Å². The van der Waals surface area contributed by atoms with Crippen molar-refractivity contribution in [1.29, 1.82) is 0 Å². The topological polar surface area (TPSA) is 80.4 Å². The zero-order valence-corrected chi connectivity index (χ0v) is 15.5. The van der Waals surface area contributed by atoms with Crippen molar-refractivity contribution in [3.63, 3.8) is 0 Å². The van der Waals surface area contributed by atoms with Crippen LogP contribution in [0.25, 0.3) is 5.88 Å². The third kappa shape index (κ3) is 4.67. The second-order valence-electron chi connectivity index (χ2n) is 7.03. The maximum Gasteiger partial charge on any atom is 0.212 e. The largest absolute Gasteiger partial charge is 0.478 e. The fourth-order valence-corrected chi connectivity index (χ4v) is 2.66. The summed E-state index contributed by atoms with van der Waals surface area (Å²) in [4.78, 5) is 4.15. The van der Waals surface area contributed by atoms with Gasteiger partial charge in [0.25, 0.3) is 0 Å². The SMILES string of the molecule is CCO/C(=C\C(c1ccccc1)C(C)(C)O)n1ncnc1C(C)(C)O. The lowest BCUT2D eigenvalue weighted by Gasteiger charge is -2.28. The van der Waals surface area contributed by atoms with Crippen LogP contribution in [0.15, 0.2) is 42.7 Å². The molecule has 0 radical (unpaired) electrons. The van der Waals surface area contributed by atoms with E-state index >= 15 is 0 Å². The minimum Gasteiger partial charge on any atom is -0.478 e. The number of aromatic nitrogens is 3. The van der Waals surface area contributed by atoms with Gasteiger partial charge in [0.15, 0.2) is 5.82 Å². The molecule has 0 fully saturated rings. The highest BCUT2D eigenvalue weighted by Crippen LogP contribution is 2.32. The van der Waals surface area contributed by atoms with Crippen LogP contribution in [0.4, 0.5) is 0 Å². The van der Waals surface area contributed by atoms with Crippen LogP contribution in [0.1, 0.15) is 51.9 Å². The quantitative estimate of drug-likeness (QED) is 0.754. The predicted molar refractivity (Wildman–Crippen MR) is 96.6 cm³/mol. The minimum absolute atomic E-state index is 0.325. The fraction of sp³-hybridized carbons (Fsp3) is 0.474. The first-order valence-electron chi connectivity index (χ1n) is 8.39. The summed E-state index contributed by atoms with van der Waals surface area (Å²) in [5.74, 6) is 0.469. The smallest absolute Gasteiger partial charge is 0.212 e. The predicted octanol–water partition coefficient (Wildman–Crippen LogP) is 2.90. The van der Waals surface area contributed by atoms with Gasteiger partial charge in [-0.15, -0.1) is 0 Å². The van der Waals surface area contributed by atoms with Crippen molar-refractivity contribution in [3.05, 3.63) is 54.1 Å². The average Bonchev–Trinajstić information content (AvgIpc) is 3.00. The molecule has 2 N–H and O–H groups in total. The Bertz CT molecular complexity index is 710. The fourth-order valence-electron chi connectivity index (χ4n) is 2.66. The van der Waals surface area contributed by atoms with Gasteiger partial charge in [-0.3, -0.25) is 0 Å². The van der Waals surface area contributed by atoms with Crippen LogP contribution in [-0.2, 0) is 10.3 Å². The molecule has 0 aliphatic carbocycles. The van der Waals surface area contributed by atoms with E-state index in [9.17, 15) is 10.2 Å². The number of nitrogens with zero attached hydrogens (tertiary/aromatic N) is 3. The Morgan fingerprint density at radius 1 is 1.20 bits per heavy atom. The van der Waals surface area contributed by atoms with Gasteiger partial charge in [-0.1, -0.05) is 30.3 Å². The Kier molecular flexibility index (Phi) is 5.65. The molecule has 1 unspecified atom stereocenters. The highest BCUT2D eigenvalue weighted by molar-refractivity contribution is 5.43. The Morgan fingerprint density at radius 2 is 1.84 bits per heavy atom. The van der Waals surface area contributed by atoms with E-state index in [-0.39, 0.29) is 5.92 Å². The first kappa shape index (κ1) is 19.1. The van der Waals surface area contributed by atoms with Gasteiger partial charge in [0.2, 0.25) is 5.88 Å². The molecule has 0 aliphatic heterocycles. The maximum atomic E-state index is 10.7. The van der Waals surface area contributed by atoms with E-state index in [2.05, 4.69) is 10.1 Å². The summed E-state index contributed by atoms with van der Waals surface area (Å²) >= 11 is 0. The molecule has 0 saturated carbocycles. The van der Waals surface area contributed by atoms with Gasteiger partial charge >= 0.3 is 0 Å². The number of hydrogen-bond acceptors (Lipinski definition) is 5. The molecule has 25 heavy (non-hydrogen) atoms. The van der Waals surface area contributed by atoms with E-state index < -0.39 is 11.2 Å². The summed E-state index contributed by atoms with van der Waals surface area (Å²) < 4.78 is 7.25. The van der Waals surface area contributed by atoms with Crippen molar-refractivity contribution < 1.29 is 14.9 Å². The molecule has 1 aromatic heterocycles. The number of aliphatic hydroxyl groups is 2. The summed E-state index contributed by atoms with van der Waals surface area (Å²) in [6.07, 6.45) is 3.20.